The lowest BCUT2D eigenvalue weighted by atomic mass is 10.1. The summed E-state index contributed by atoms with van der Waals surface area (Å²) in [6.45, 7) is 7.56. The number of amides is 2. The third kappa shape index (κ3) is 6.72. The molecule has 2 aromatic carbocycles. The summed E-state index contributed by atoms with van der Waals surface area (Å²) in [4.78, 5) is 28.0. The molecule has 0 aliphatic carbocycles. The number of nitrogens with one attached hydrogen (secondary N) is 1. The first kappa shape index (κ1) is 27.2. The van der Waals surface area contributed by atoms with Crippen molar-refractivity contribution in [3.05, 3.63) is 59.2 Å². The fourth-order valence-electron chi connectivity index (χ4n) is 3.77. The number of hydrogen-bond donors (Lipinski definition) is 1. The van der Waals surface area contributed by atoms with E-state index in [-0.39, 0.29) is 18.1 Å². The van der Waals surface area contributed by atoms with E-state index in [0.717, 1.165) is 27.3 Å². The van der Waals surface area contributed by atoms with Crippen molar-refractivity contribution in [2.75, 3.05) is 30.8 Å². The van der Waals surface area contributed by atoms with Crippen LogP contribution in [0.3, 0.4) is 0 Å². The zero-order chi connectivity index (χ0) is 25.5. The Labute approximate surface area is 202 Å². The van der Waals surface area contributed by atoms with Crippen LogP contribution in [0.25, 0.3) is 0 Å². The lowest BCUT2D eigenvalue weighted by molar-refractivity contribution is -0.140. The molecule has 0 saturated carbocycles. The Hall–Kier alpha value is -3.07. The Bertz CT molecular complexity index is 1120. The molecule has 2 amide bonds. The van der Waals surface area contributed by atoms with Gasteiger partial charge in [-0.25, -0.2) is 8.42 Å². The van der Waals surface area contributed by atoms with Gasteiger partial charge in [-0.2, -0.15) is 0 Å². The summed E-state index contributed by atoms with van der Waals surface area (Å²) < 4.78 is 32.0. The molecule has 9 heteroatoms. The van der Waals surface area contributed by atoms with E-state index in [0.29, 0.717) is 18.7 Å². The molecule has 186 valence electrons. The van der Waals surface area contributed by atoms with Gasteiger partial charge in [0.05, 0.1) is 19.1 Å². The van der Waals surface area contributed by atoms with Crippen LogP contribution in [-0.2, 0) is 26.2 Å². The zero-order valence-corrected chi connectivity index (χ0v) is 21.6. The van der Waals surface area contributed by atoms with E-state index in [2.05, 4.69) is 5.32 Å². The molecular formula is C25H35N3O5S. The number of methoxy groups -OCH3 is 1. The van der Waals surface area contributed by atoms with Crippen LogP contribution in [0.4, 0.5) is 5.69 Å². The van der Waals surface area contributed by atoms with E-state index < -0.39 is 28.5 Å². The molecule has 0 spiro atoms. The Morgan fingerprint density at radius 3 is 2.32 bits per heavy atom. The van der Waals surface area contributed by atoms with Crippen LogP contribution >= 0.6 is 0 Å². The lowest BCUT2D eigenvalue weighted by Gasteiger charge is -2.33. The van der Waals surface area contributed by atoms with Gasteiger partial charge in [-0.1, -0.05) is 37.3 Å². The van der Waals surface area contributed by atoms with Gasteiger partial charge in [0.2, 0.25) is 21.8 Å². The minimum Gasteiger partial charge on any atom is -0.495 e. The minimum absolute atomic E-state index is 0.184. The molecule has 0 aliphatic rings. The van der Waals surface area contributed by atoms with Crippen molar-refractivity contribution in [3.8, 4) is 5.75 Å². The number of anilines is 1. The largest absolute Gasteiger partial charge is 0.495 e. The summed E-state index contributed by atoms with van der Waals surface area (Å²) in [7, 11) is -2.39. The number of sulfonamides is 1. The third-order valence-corrected chi connectivity index (χ3v) is 6.75. The summed E-state index contributed by atoms with van der Waals surface area (Å²) in [5.41, 5.74) is 2.96. The molecule has 0 unspecified atom stereocenters. The fourth-order valence-corrected chi connectivity index (χ4v) is 4.62. The zero-order valence-electron chi connectivity index (χ0n) is 20.8. The van der Waals surface area contributed by atoms with Gasteiger partial charge in [0.1, 0.15) is 18.3 Å². The number of rotatable bonds is 11. The highest BCUT2D eigenvalue weighted by atomic mass is 32.2. The molecule has 0 fully saturated rings. The Morgan fingerprint density at radius 2 is 1.76 bits per heavy atom. The number of likely N-dealkylation sites (N-methyl/N-ethyl adjacent to an activating group) is 1. The van der Waals surface area contributed by atoms with Crippen molar-refractivity contribution in [2.24, 2.45) is 0 Å². The van der Waals surface area contributed by atoms with E-state index in [9.17, 15) is 18.0 Å². The maximum absolute atomic E-state index is 13.7. The molecule has 0 saturated heterocycles. The van der Waals surface area contributed by atoms with Crippen LogP contribution in [0.5, 0.6) is 5.75 Å². The van der Waals surface area contributed by atoms with Gasteiger partial charge in [0.25, 0.3) is 0 Å². The van der Waals surface area contributed by atoms with Gasteiger partial charge in [0, 0.05) is 13.1 Å². The van der Waals surface area contributed by atoms with E-state index in [1.54, 1.807) is 18.2 Å². The highest BCUT2D eigenvalue weighted by molar-refractivity contribution is 7.92. The highest BCUT2D eigenvalue weighted by Gasteiger charge is 2.32. The van der Waals surface area contributed by atoms with E-state index >= 15 is 0 Å². The van der Waals surface area contributed by atoms with E-state index in [1.807, 2.05) is 52.0 Å². The van der Waals surface area contributed by atoms with Crippen LogP contribution < -0.4 is 14.4 Å². The van der Waals surface area contributed by atoms with Crippen molar-refractivity contribution < 1.29 is 22.7 Å². The summed E-state index contributed by atoms with van der Waals surface area (Å²) in [5, 5.41) is 2.79. The number of benzene rings is 2. The SMILES string of the molecule is CCNC(=O)[C@@H](CC)N(Cc1ccccc1C)C(=O)CN(c1cc(C)ccc1OC)S(C)(=O)=O. The number of carbonyl (C=O) groups excluding carboxylic acids is 2. The summed E-state index contributed by atoms with van der Waals surface area (Å²) in [5.74, 6) is -0.411. The van der Waals surface area contributed by atoms with Crippen LogP contribution in [0, 0.1) is 13.8 Å². The van der Waals surface area contributed by atoms with Crippen LogP contribution in [0.2, 0.25) is 0 Å². The van der Waals surface area contributed by atoms with Crippen LogP contribution in [0.1, 0.15) is 37.0 Å². The van der Waals surface area contributed by atoms with Crippen LogP contribution in [0.15, 0.2) is 42.5 Å². The summed E-state index contributed by atoms with van der Waals surface area (Å²) in [6.07, 6.45) is 1.44. The molecular weight excluding hydrogens is 454 g/mol. The normalized spacial score (nSPS) is 12.1. The lowest BCUT2D eigenvalue weighted by Crippen LogP contribution is -2.52. The quantitative estimate of drug-likeness (QED) is 0.523. The number of ether oxygens (including phenoxy) is 1. The Morgan fingerprint density at radius 1 is 1.09 bits per heavy atom. The van der Waals surface area contributed by atoms with Gasteiger partial charge >= 0.3 is 0 Å². The topological polar surface area (TPSA) is 96.0 Å². The number of carbonyl (C=O) groups is 2. The van der Waals surface area contributed by atoms with Crippen molar-refractivity contribution in [1.29, 1.82) is 0 Å². The molecule has 0 heterocycles. The average molecular weight is 490 g/mol. The molecule has 2 rings (SSSR count). The predicted octanol–water partition coefficient (Wildman–Crippen LogP) is 3.02. The standard InChI is InChI=1S/C25H35N3O5S/c1-7-21(25(30)26-8-2)27(16-20-12-10-9-11-19(20)4)24(29)17-28(34(6,31)32)22-15-18(3)13-14-23(22)33-5/h9-15,21H,7-8,16-17H2,1-6H3,(H,26,30)/t21-/m1/s1. The first-order valence-corrected chi connectivity index (χ1v) is 13.1. The molecule has 1 atom stereocenters. The first-order chi connectivity index (χ1) is 16.0. The van der Waals surface area contributed by atoms with Crippen molar-refractivity contribution in [3.63, 3.8) is 0 Å². The van der Waals surface area contributed by atoms with Gasteiger partial charge in [-0.3, -0.25) is 13.9 Å². The Kier molecular flexibility index (Phi) is 9.49. The maximum Gasteiger partial charge on any atom is 0.244 e. The summed E-state index contributed by atoms with van der Waals surface area (Å²) >= 11 is 0. The number of aryl methyl sites for hydroxylation is 2. The van der Waals surface area contributed by atoms with Crippen LogP contribution in [-0.4, -0.2) is 57.6 Å². The molecule has 2 aromatic rings. The number of hydrogen-bond acceptors (Lipinski definition) is 5. The minimum atomic E-state index is -3.83. The van der Waals surface area contributed by atoms with E-state index in [4.69, 9.17) is 4.74 Å². The monoisotopic (exact) mass is 489 g/mol. The van der Waals surface area contributed by atoms with Crippen molar-refractivity contribution in [2.45, 2.75) is 46.7 Å². The van der Waals surface area contributed by atoms with Gasteiger partial charge in [0.15, 0.2) is 0 Å². The Balaban J connectivity index is 2.52. The second kappa shape index (κ2) is 11.9. The predicted molar refractivity (Wildman–Crippen MR) is 134 cm³/mol. The average Bonchev–Trinajstić information content (AvgIpc) is 2.77. The van der Waals surface area contributed by atoms with Crippen molar-refractivity contribution >= 4 is 27.5 Å². The van der Waals surface area contributed by atoms with E-state index in [1.165, 1.54) is 12.0 Å². The molecule has 34 heavy (non-hydrogen) atoms. The summed E-state index contributed by atoms with van der Waals surface area (Å²) in [6, 6.07) is 12.0. The maximum atomic E-state index is 13.7. The molecule has 0 bridgehead atoms. The van der Waals surface area contributed by atoms with Gasteiger partial charge in [-0.15, -0.1) is 0 Å². The highest BCUT2D eigenvalue weighted by Crippen LogP contribution is 2.31. The molecule has 1 N–H and O–H groups in total. The molecule has 0 radical (unpaired) electrons. The van der Waals surface area contributed by atoms with Crippen molar-refractivity contribution in [1.82, 2.24) is 10.2 Å². The second-order valence-corrected chi connectivity index (χ2v) is 10.1. The van der Waals surface area contributed by atoms with Gasteiger partial charge in [-0.05, 0) is 56.0 Å². The second-order valence-electron chi connectivity index (χ2n) is 8.21. The molecule has 0 aliphatic heterocycles. The fraction of sp³-hybridized carbons (Fsp3) is 0.440. The molecule has 0 aromatic heterocycles. The first-order valence-electron chi connectivity index (χ1n) is 11.3. The molecule has 8 nitrogen and oxygen atoms in total. The number of nitrogens with zero attached hydrogens (tertiary/aromatic N) is 2. The smallest absolute Gasteiger partial charge is 0.244 e. The third-order valence-electron chi connectivity index (χ3n) is 5.62. The van der Waals surface area contributed by atoms with Gasteiger partial charge < -0.3 is 15.0 Å².